The van der Waals surface area contributed by atoms with Crippen LogP contribution >= 0.6 is 0 Å². The number of hydrogen-bond donors (Lipinski definition) is 2. The van der Waals surface area contributed by atoms with E-state index in [9.17, 15) is 14.9 Å². The van der Waals surface area contributed by atoms with Crippen molar-refractivity contribution in [1.29, 1.82) is 0 Å². The maximum atomic E-state index is 10.8. The molecule has 0 unspecified atom stereocenters. The Kier molecular flexibility index (Phi) is 7.17. The Morgan fingerprint density at radius 3 is 2.62 bits per heavy atom. The summed E-state index contributed by atoms with van der Waals surface area (Å²) >= 11 is 0. The van der Waals surface area contributed by atoms with Crippen molar-refractivity contribution < 1.29 is 19.6 Å². The summed E-state index contributed by atoms with van der Waals surface area (Å²) in [6.07, 6.45) is 3.51. The Balaban J connectivity index is 2.59. The maximum absolute atomic E-state index is 10.8. The van der Waals surface area contributed by atoms with Gasteiger partial charge in [0.15, 0.2) is 0 Å². The lowest BCUT2D eigenvalue weighted by molar-refractivity contribution is -0.385. The molecule has 0 saturated heterocycles. The predicted molar refractivity (Wildman–Crippen MR) is 77.5 cm³/mol. The lowest BCUT2D eigenvalue weighted by Crippen LogP contribution is -2.05. The number of rotatable bonds is 10. The van der Waals surface area contributed by atoms with Gasteiger partial charge in [0.1, 0.15) is 5.75 Å². The largest absolute Gasteiger partial charge is 0.494 e. The van der Waals surface area contributed by atoms with E-state index >= 15 is 0 Å². The summed E-state index contributed by atoms with van der Waals surface area (Å²) in [7, 11) is 0. The first kappa shape index (κ1) is 16.9. The third-order valence-corrected chi connectivity index (χ3v) is 2.96. The topological polar surface area (TPSA) is 116 Å². The molecule has 7 nitrogen and oxygen atoms in total. The van der Waals surface area contributed by atoms with Gasteiger partial charge in [-0.2, -0.15) is 0 Å². The van der Waals surface area contributed by atoms with Crippen LogP contribution < -0.4 is 10.5 Å². The first-order valence-corrected chi connectivity index (χ1v) is 6.86. The summed E-state index contributed by atoms with van der Waals surface area (Å²) in [5.74, 6) is -0.660. The summed E-state index contributed by atoms with van der Waals surface area (Å²) in [5, 5.41) is 19.6. The quantitative estimate of drug-likeness (QED) is 0.388. The molecule has 0 atom stereocenters. The van der Waals surface area contributed by atoms with E-state index < -0.39 is 17.3 Å². The van der Waals surface area contributed by atoms with Crippen LogP contribution in [-0.4, -0.2) is 29.2 Å². The van der Waals surface area contributed by atoms with Crippen LogP contribution in [0.25, 0.3) is 0 Å². The van der Waals surface area contributed by atoms with Gasteiger partial charge in [-0.25, -0.2) is 0 Å². The van der Waals surface area contributed by atoms with E-state index in [4.69, 9.17) is 15.6 Å². The van der Waals surface area contributed by atoms with Gasteiger partial charge in [-0.15, -0.1) is 0 Å². The van der Waals surface area contributed by atoms with Gasteiger partial charge < -0.3 is 15.6 Å². The molecule has 0 saturated carbocycles. The molecule has 0 fully saturated rings. The minimum Gasteiger partial charge on any atom is -0.494 e. The molecule has 3 N–H and O–H groups in total. The van der Waals surface area contributed by atoms with E-state index in [1.807, 2.05) is 0 Å². The Hall–Kier alpha value is -2.15. The van der Waals surface area contributed by atoms with Gasteiger partial charge in [0, 0.05) is 11.6 Å². The molecule has 1 rings (SSSR count). The number of carbonyl (C=O) groups is 1. The fourth-order valence-electron chi connectivity index (χ4n) is 1.92. The molecule has 0 aliphatic rings. The molecule has 0 heterocycles. The monoisotopic (exact) mass is 296 g/mol. The molecule has 7 heteroatoms. The number of unbranched alkanes of at least 4 members (excludes halogenated alkanes) is 3. The second-order valence-corrected chi connectivity index (χ2v) is 4.67. The normalized spacial score (nSPS) is 10.3. The fraction of sp³-hybridized carbons (Fsp3) is 0.500. The highest BCUT2D eigenvalue weighted by atomic mass is 16.6. The molecule has 1 aromatic carbocycles. The van der Waals surface area contributed by atoms with E-state index in [0.717, 1.165) is 25.7 Å². The number of nitrogens with two attached hydrogens (primary N) is 1. The average Bonchev–Trinajstić information content (AvgIpc) is 2.42. The highest BCUT2D eigenvalue weighted by Gasteiger charge is 2.17. The molecule has 1 aromatic rings. The predicted octanol–water partition coefficient (Wildman–Crippen LogP) is 2.12. The zero-order valence-corrected chi connectivity index (χ0v) is 11.8. The average molecular weight is 296 g/mol. The van der Waals surface area contributed by atoms with Gasteiger partial charge in [0.2, 0.25) is 0 Å². The molecule has 0 radical (unpaired) electrons. The molecule has 0 bridgehead atoms. The number of hydrogen-bond acceptors (Lipinski definition) is 5. The number of nitro benzene ring substituents is 1. The molecule has 0 amide bonds. The maximum Gasteiger partial charge on any atom is 0.308 e. The summed E-state index contributed by atoms with van der Waals surface area (Å²) in [4.78, 5) is 21.0. The van der Waals surface area contributed by atoms with E-state index in [1.165, 1.54) is 18.2 Å². The molecular weight excluding hydrogens is 276 g/mol. The van der Waals surface area contributed by atoms with Gasteiger partial charge in [-0.1, -0.05) is 12.8 Å². The highest BCUT2D eigenvalue weighted by Crippen LogP contribution is 2.24. The summed E-state index contributed by atoms with van der Waals surface area (Å²) in [5.41, 5.74) is 5.34. The standard InChI is InChI=1S/C14H20N2O5/c15-7-3-1-2-4-8-21-12-5-6-13(16(19)20)11(9-12)10-14(17)18/h5-6,9H,1-4,7-8,10,15H2,(H,17,18). The Morgan fingerprint density at radius 1 is 1.29 bits per heavy atom. The van der Waals surface area contributed by atoms with Crippen LogP contribution in [0.4, 0.5) is 5.69 Å². The molecule has 0 aromatic heterocycles. The minimum absolute atomic E-state index is 0.146. The van der Waals surface area contributed by atoms with Gasteiger partial charge in [0.25, 0.3) is 5.69 Å². The third kappa shape index (κ3) is 6.22. The fourth-order valence-corrected chi connectivity index (χ4v) is 1.92. The minimum atomic E-state index is -1.11. The highest BCUT2D eigenvalue weighted by molar-refractivity contribution is 5.72. The molecule has 21 heavy (non-hydrogen) atoms. The van der Waals surface area contributed by atoms with Crippen molar-refractivity contribution in [3.05, 3.63) is 33.9 Å². The number of carboxylic acid groups (broad SMARTS) is 1. The van der Waals surface area contributed by atoms with E-state index in [0.29, 0.717) is 18.9 Å². The van der Waals surface area contributed by atoms with Gasteiger partial charge >= 0.3 is 5.97 Å². The van der Waals surface area contributed by atoms with Crippen LogP contribution in [0.5, 0.6) is 5.75 Å². The molecule has 0 aliphatic heterocycles. The number of nitrogens with zero attached hydrogens (tertiary/aromatic N) is 1. The zero-order valence-electron chi connectivity index (χ0n) is 11.8. The first-order chi connectivity index (χ1) is 10.0. The Bertz CT molecular complexity index is 490. The Morgan fingerprint density at radius 2 is 2.00 bits per heavy atom. The van der Waals surface area contributed by atoms with Gasteiger partial charge in [0.05, 0.1) is 18.0 Å². The van der Waals surface area contributed by atoms with Crippen molar-refractivity contribution in [2.45, 2.75) is 32.1 Å². The zero-order chi connectivity index (χ0) is 15.7. The van der Waals surface area contributed by atoms with Gasteiger partial charge in [-0.3, -0.25) is 14.9 Å². The van der Waals surface area contributed by atoms with Crippen LogP contribution in [0.2, 0.25) is 0 Å². The van der Waals surface area contributed by atoms with Gasteiger partial charge in [-0.05, 0) is 31.5 Å². The second-order valence-electron chi connectivity index (χ2n) is 4.67. The summed E-state index contributed by atoms with van der Waals surface area (Å²) in [6.45, 7) is 1.18. The van der Waals surface area contributed by atoms with E-state index in [1.54, 1.807) is 0 Å². The van der Waals surface area contributed by atoms with Crippen molar-refractivity contribution in [3.8, 4) is 5.75 Å². The van der Waals surface area contributed by atoms with Crippen molar-refractivity contribution in [1.82, 2.24) is 0 Å². The van der Waals surface area contributed by atoms with Crippen molar-refractivity contribution in [2.75, 3.05) is 13.2 Å². The van der Waals surface area contributed by atoms with Crippen LogP contribution in [0.3, 0.4) is 0 Å². The van der Waals surface area contributed by atoms with Crippen molar-refractivity contribution in [3.63, 3.8) is 0 Å². The number of aliphatic carboxylic acids is 1. The lowest BCUT2D eigenvalue weighted by atomic mass is 10.1. The molecule has 0 spiro atoms. The molecule has 116 valence electrons. The van der Waals surface area contributed by atoms with E-state index in [-0.39, 0.29) is 11.3 Å². The molecular formula is C14H20N2O5. The van der Waals surface area contributed by atoms with Crippen LogP contribution in [0.15, 0.2) is 18.2 Å². The number of nitro groups is 1. The third-order valence-electron chi connectivity index (χ3n) is 2.96. The number of ether oxygens (including phenoxy) is 1. The first-order valence-electron chi connectivity index (χ1n) is 6.86. The lowest BCUT2D eigenvalue weighted by Gasteiger charge is -2.08. The van der Waals surface area contributed by atoms with Crippen LogP contribution in [0, 0.1) is 10.1 Å². The summed E-state index contributed by atoms with van der Waals surface area (Å²) < 4.78 is 5.50. The van der Waals surface area contributed by atoms with E-state index in [2.05, 4.69) is 0 Å². The smallest absolute Gasteiger partial charge is 0.308 e. The Labute approximate surface area is 122 Å². The van der Waals surface area contributed by atoms with Crippen molar-refractivity contribution >= 4 is 11.7 Å². The number of benzene rings is 1. The number of carboxylic acids is 1. The molecule has 0 aliphatic carbocycles. The second kappa shape index (κ2) is 8.91. The SMILES string of the molecule is NCCCCCCOc1ccc([N+](=O)[O-])c(CC(=O)O)c1. The van der Waals surface area contributed by atoms with Crippen molar-refractivity contribution in [2.24, 2.45) is 5.73 Å². The van der Waals surface area contributed by atoms with Crippen LogP contribution in [-0.2, 0) is 11.2 Å². The van der Waals surface area contributed by atoms with Crippen LogP contribution in [0.1, 0.15) is 31.2 Å². The summed E-state index contributed by atoms with van der Waals surface area (Å²) in [6, 6.07) is 4.19.